The van der Waals surface area contributed by atoms with Gasteiger partial charge in [0.1, 0.15) is 12.4 Å². The number of fused-ring (bicyclic) bond motifs is 1. The first-order chi connectivity index (χ1) is 12.7. The predicted octanol–water partition coefficient (Wildman–Crippen LogP) is 2.65. The average Bonchev–Trinajstić information content (AvgIpc) is 3.14. The minimum Gasteiger partial charge on any atom is -0.486 e. The van der Waals surface area contributed by atoms with E-state index in [-0.39, 0.29) is 31.4 Å². The highest BCUT2D eigenvalue weighted by Gasteiger charge is 2.19. The zero-order valence-corrected chi connectivity index (χ0v) is 14.6. The van der Waals surface area contributed by atoms with E-state index < -0.39 is 0 Å². The van der Waals surface area contributed by atoms with Gasteiger partial charge >= 0.3 is 0 Å². The Hall–Kier alpha value is -2.93. The summed E-state index contributed by atoms with van der Waals surface area (Å²) in [6.45, 7) is 2.88. The Morgan fingerprint density at radius 1 is 1.27 bits per heavy atom. The molecule has 2 heterocycles. The van der Waals surface area contributed by atoms with Gasteiger partial charge in [0.2, 0.25) is 0 Å². The summed E-state index contributed by atoms with van der Waals surface area (Å²) in [6.07, 6.45) is 2.55. The van der Waals surface area contributed by atoms with Crippen LogP contribution in [0, 0.1) is 0 Å². The molecule has 3 aromatic rings. The zero-order valence-electron chi connectivity index (χ0n) is 14.6. The highest BCUT2D eigenvalue weighted by atomic mass is 16.5. The van der Waals surface area contributed by atoms with Crippen molar-refractivity contribution < 1.29 is 19.2 Å². The van der Waals surface area contributed by atoms with Crippen molar-refractivity contribution in [1.29, 1.82) is 0 Å². The van der Waals surface area contributed by atoms with E-state index in [1.807, 2.05) is 37.3 Å². The monoisotopic (exact) mass is 355 g/mol. The second-order valence-corrected chi connectivity index (χ2v) is 5.84. The van der Waals surface area contributed by atoms with E-state index >= 15 is 0 Å². The topological polar surface area (TPSA) is 88.7 Å². The predicted molar refractivity (Wildman–Crippen MR) is 95.9 cm³/mol. The molecule has 0 aliphatic rings. The summed E-state index contributed by atoms with van der Waals surface area (Å²) < 4.78 is 10.9. The Balaban J connectivity index is 1.64. The first kappa shape index (κ1) is 17.9. The van der Waals surface area contributed by atoms with Gasteiger partial charge in [-0.05, 0) is 30.7 Å². The molecule has 3 rings (SSSR count). The summed E-state index contributed by atoms with van der Waals surface area (Å²) in [7, 11) is 0. The van der Waals surface area contributed by atoms with Crippen LogP contribution < -0.4 is 4.74 Å². The molecule has 0 bridgehead atoms. The van der Waals surface area contributed by atoms with E-state index in [1.165, 1.54) is 0 Å². The maximum atomic E-state index is 12.4. The summed E-state index contributed by atoms with van der Waals surface area (Å²) in [4.78, 5) is 18.2. The number of aliphatic hydroxyl groups is 1. The molecular formula is C19H21N3O4. The lowest BCUT2D eigenvalue weighted by molar-refractivity contribution is 0.0711. The summed E-state index contributed by atoms with van der Waals surface area (Å²) in [5.74, 6) is 0.885. The molecular weight excluding hydrogens is 334 g/mol. The average molecular weight is 355 g/mol. The van der Waals surface area contributed by atoms with Crippen LogP contribution in [0.1, 0.15) is 29.6 Å². The number of aliphatic hydroxyl groups excluding tert-OH is 1. The number of hydrogen-bond donors (Lipinski definition) is 1. The number of benzene rings is 1. The zero-order chi connectivity index (χ0) is 18.4. The van der Waals surface area contributed by atoms with E-state index in [0.717, 1.165) is 17.3 Å². The molecule has 0 saturated carbocycles. The van der Waals surface area contributed by atoms with Crippen molar-refractivity contribution in [2.45, 2.75) is 20.0 Å². The van der Waals surface area contributed by atoms with Crippen molar-refractivity contribution >= 4 is 16.8 Å². The van der Waals surface area contributed by atoms with Gasteiger partial charge in [0.25, 0.3) is 5.91 Å². The van der Waals surface area contributed by atoms with Crippen LogP contribution in [0.5, 0.6) is 5.75 Å². The molecule has 0 saturated heterocycles. The van der Waals surface area contributed by atoms with Gasteiger partial charge in [-0.15, -0.1) is 0 Å². The number of ether oxygens (including phenoxy) is 1. The van der Waals surface area contributed by atoms with E-state index in [9.17, 15) is 4.79 Å². The van der Waals surface area contributed by atoms with Crippen molar-refractivity contribution in [3.63, 3.8) is 0 Å². The van der Waals surface area contributed by atoms with Crippen LogP contribution in [-0.2, 0) is 6.61 Å². The fourth-order valence-corrected chi connectivity index (χ4v) is 2.65. The van der Waals surface area contributed by atoms with Crippen molar-refractivity contribution in [3.05, 3.63) is 54.0 Å². The fourth-order valence-electron chi connectivity index (χ4n) is 2.65. The van der Waals surface area contributed by atoms with Gasteiger partial charge in [0.05, 0.1) is 12.1 Å². The lowest BCUT2D eigenvalue weighted by Gasteiger charge is -2.19. The van der Waals surface area contributed by atoms with Gasteiger partial charge < -0.3 is 19.3 Å². The maximum Gasteiger partial charge on any atom is 0.276 e. The SMILES string of the molecule is CCCN(CCO)C(=O)c1cc(COc2ccc3ncccc3c2)on1. The van der Waals surface area contributed by atoms with Crippen LogP contribution >= 0.6 is 0 Å². The number of carbonyl (C=O) groups excluding carboxylic acids is 1. The molecule has 7 heteroatoms. The first-order valence-electron chi connectivity index (χ1n) is 8.54. The minimum atomic E-state index is -0.257. The molecule has 0 aliphatic carbocycles. The molecule has 2 aromatic heterocycles. The summed E-state index contributed by atoms with van der Waals surface area (Å²) in [6, 6.07) is 11.0. The third-order valence-electron chi connectivity index (χ3n) is 3.88. The number of aromatic nitrogens is 2. The van der Waals surface area contributed by atoms with Crippen molar-refractivity contribution in [2.24, 2.45) is 0 Å². The van der Waals surface area contributed by atoms with Crippen LogP contribution in [0.3, 0.4) is 0 Å². The minimum absolute atomic E-state index is 0.0869. The molecule has 1 aromatic carbocycles. The quantitative estimate of drug-likeness (QED) is 0.668. The van der Waals surface area contributed by atoms with E-state index in [2.05, 4.69) is 10.1 Å². The smallest absolute Gasteiger partial charge is 0.276 e. The molecule has 0 radical (unpaired) electrons. The van der Waals surface area contributed by atoms with E-state index in [1.54, 1.807) is 17.2 Å². The number of rotatable bonds is 8. The molecule has 26 heavy (non-hydrogen) atoms. The summed E-state index contributed by atoms with van der Waals surface area (Å²) in [5, 5.41) is 13.9. The molecule has 0 spiro atoms. The van der Waals surface area contributed by atoms with Gasteiger partial charge in [0.15, 0.2) is 11.5 Å². The molecule has 7 nitrogen and oxygen atoms in total. The Kier molecular flexibility index (Phi) is 5.80. The Labute approximate surface area is 151 Å². The highest BCUT2D eigenvalue weighted by Crippen LogP contribution is 2.20. The molecule has 1 N–H and O–H groups in total. The Bertz CT molecular complexity index is 872. The van der Waals surface area contributed by atoms with Gasteiger partial charge in [-0.1, -0.05) is 18.1 Å². The highest BCUT2D eigenvalue weighted by molar-refractivity contribution is 5.92. The number of amides is 1. The van der Waals surface area contributed by atoms with Crippen LogP contribution in [0.2, 0.25) is 0 Å². The lowest BCUT2D eigenvalue weighted by Crippen LogP contribution is -2.34. The Morgan fingerprint density at radius 3 is 2.96 bits per heavy atom. The molecule has 0 aliphatic heterocycles. The van der Waals surface area contributed by atoms with E-state index in [4.69, 9.17) is 14.4 Å². The normalized spacial score (nSPS) is 10.8. The molecule has 136 valence electrons. The second-order valence-electron chi connectivity index (χ2n) is 5.84. The molecule has 1 amide bonds. The van der Waals surface area contributed by atoms with Crippen molar-refractivity contribution in [2.75, 3.05) is 19.7 Å². The lowest BCUT2D eigenvalue weighted by atomic mass is 10.2. The largest absolute Gasteiger partial charge is 0.486 e. The van der Waals surface area contributed by atoms with E-state index in [0.29, 0.717) is 18.1 Å². The van der Waals surface area contributed by atoms with Gasteiger partial charge in [-0.3, -0.25) is 9.78 Å². The van der Waals surface area contributed by atoms with Gasteiger partial charge in [0, 0.05) is 30.7 Å². The number of hydrogen-bond acceptors (Lipinski definition) is 6. The van der Waals surface area contributed by atoms with Crippen LogP contribution in [-0.4, -0.2) is 45.8 Å². The first-order valence-corrected chi connectivity index (χ1v) is 8.54. The number of nitrogens with zero attached hydrogens (tertiary/aromatic N) is 3. The Morgan fingerprint density at radius 2 is 2.15 bits per heavy atom. The molecule has 0 unspecified atom stereocenters. The van der Waals surface area contributed by atoms with Gasteiger partial charge in [-0.25, -0.2) is 0 Å². The van der Waals surface area contributed by atoms with Crippen molar-refractivity contribution in [1.82, 2.24) is 15.0 Å². The second kappa shape index (κ2) is 8.44. The molecule has 0 atom stereocenters. The van der Waals surface area contributed by atoms with Crippen LogP contribution in [0.15, 0.2) is 47.1 Å². The number of pyridine rings is 1. The fraction of sp³-hybridized carbons (Fsp3) is 0.316. The summed E-state index contributed by atoms with van der Waals surface area (Å²) >= 11 is 0. The third kappa shape index (κ3) is 4.18. The van der Waals surface area contributed by atoms with Crippen molar-refractivity contribution in [3.8, 4) is 5.75 Å². The van der Waals surface area contributed by atoms with Gasteiger partial charge in [-0.2, -0.15) is 0 Å². The summed E-state index contributed by atoms with van der Waals surface area (Å²) in [5.41, 5.74) is 1.11. The van der Waals surface area contributed by atoms with Crippen LogP contribution in [0.4, 0.5) is 0 Å². The maximum absolute atomic E-state index is 12.4. The number of carbonyl (C=O) groups is 1. The van der Waals surface area contributed by atoms with Crippen LogP contribution in [0.25, 0.3) is 10.9 Å². The molecule has 0 fully saturated rings. The third-order valence-corrected chi connectivity index (χ3v) is 3.88. The standard InChI is InChI=1S/C19H21N3O4/c1-2-8-22(9-10-23)19(24)18-12-16(26-21-18)13-25-15-5-6-17-14(11-15)4-3-7-20-17/h3-7,11-12,23H,2,8-10,13H2,1H3.